The van der Waals surface area contributed by atoms with Crippen LogP contribution in [-0.2, 0) is 4.79 Å². The van der Waals surface area contributed by atoms with E-state index in [9.17, 15) is 4.79 Å². The van der Waals surface area contributed by atoms with Gasteiger partial charge in [-0.3, -0.25) is 4.79 Å². The van der Waals surface area contributed by atoms with Crippen molar-refractivity contribution in [2.45, 2.75) is 13.3 Å². The van der Waals surface area contributed by atoms with Gasteiger partial charge < -0.3 is 5.32 Å². The monoisotopic (exact) mass is 315 g/mol. The zero-order chi connectivity index (χ0) is 13.4. The Kier molecular flexibility index (Phi) is 3.15. The summed E-state index contributed by atoms with van der Waals surface area (Å²) < 4.78 is 1.07. The van der Waals surface area contributed by atoms with Crippen molar-refractivity contribution in [2.75, 3.05) is 0 Å². The molecule has 1 saturated heterocycles. The molecule has 1 aliphatic heterocycles. The highest BCUT2D eigenvalue weighted by Crippen LogP contribution is 2.34. The Balaban J connectivity index is 2.04. The van der Waals surface area contributed by atoms with Crippen LogP contribution in [0.2, 0.25) is 0 Å². The Hall–Kier alpha value is -1.61. The Labute approximate surface area is 121 Å². The molecule has 1 atom stereocenters. The second-order valence-electron chi connectivity index (χ2n) is 4.85. The number of benzene rings is 1. The third-order valence-corrected chi connectivity index (χ3v) is 4.53. The molecule has 1 aromatic rings. The number of amides is 1. The van der Waals surface area contributed by atoms with Crippen LogP contribution in [0.1, 0.15) is 17.5 Å². The number of halogens is 1. The lowest BCUT2D eigenvalue weighted by Gasteiger charge is -2.12. The first-order valence-corrected chi connectivity index (χ1v) is 7.11. The summed E-state index contributed by atoms with van der Waals surface area (Å²) in [6.45, 7) is 2.06. The van der Waals surface area contributed by atoms with Crippen LogP contribution in [0.3, 0.4) is 0 Å². The molecule has 3 heteroatoms. The van der Waals surface area contributed by atoms with E-state index < -0.39 is 0 Å². The second-order valence-corrected chi connectivity index (χ2v) is 5.70. The molecule has 1 unspecified atom stereocenters. The maximum Gasteiger partial charge on any atom is 0.252 e. The van der Waals surface area contributed by atoms with Crippen LogP contribution >= 0.6 is 15.9 Å². The molecule has 2 aliphatic rings. The maximum absolute atomic E-state index is 12.1. The lowest BCUT2D eigenvalue weighted by atomic mass is 9.91. The predicted molar refractivity (Wildman–Crippen MR) is 80.3 cm³/mol. The van der Waals surface area contributed by atoms with E-state index in [1.165, 1.54) is 0 Å². The number of hydrogen-bond donors (Lipinski definition) is 1. The van der Waals surface area contributed by atoms with Crippen molar-refractivity contribution in [3.63, 3.8) is 0 Å². The van der Waals surface area contributed by atoms with Crippen LogP contribution in [0.25, 0.3) is 6.08 Å². The fraction of sp³-hybridized carbons (Fsp3) is 0.188. The molecule has 1 fully saturated rings. The zero-order valence-electron chi connectivity index (χ0n) is 10.6. The van der Waals surface area contributed by atoms with E-state index in [1.54, 1.807) is 0 Å². The molecule has 1 heterocycles. The van der Waals surface area contributed by atoms with Crippen molar-refractivity contribution >= 4 is 27.9 Å². The summed E-state index contributed by atoms with van der Waals surface area (Å²) >= 11 is 3.53. The summed E-state index contributed by atoms with van der Waals surface area (Å²) in [6, 6.07) is 6.05. The van der Waals surface area contributed by atoms with Crippen LogP contribution in [-0.4, -0.2) is 5.91 Å². The van der Waals surface area contributed by atoms with Gasteiger partial charge in [-0.05, 0) is 42.7 Å². The van der Waals surface area contributed by atoms with Gasteiger partial charge in [-0.1, -0.05) is 40.2 Å². The first kappa shape index (κ1) is 12.4. The Morgan fingerprint density at radius 2 is 2.26 bits per heavy atom. The summed E-state index contributed by atoms with van der Waals surface area (Å²) in [5.41, 5.74) is 4.13. The van der Waals surface area contributed by atoms with Gasteiger partial charge in [0.1, 0.15) is 0 Å². The number of hydrogen-bond acceptors (Lipinski definition) is 1. The summed E-state index contributed by atoms with van der Waals surface area (Å²) in [6.07, 6.45) is 9.00. The molecule has 19 heavy (non-hydrogen) atoms. The van der Waals surface area contributed by atoms with Crippen molar-refractivity contribution in [2.24, 2.45) is 5.92 Å². The standard InChI is InChI=1S/C16H14BrNO/c1-10-11(5-4-7-14(10)17)9-13-12-6-2-3-8-15(12)18-16(13)19/h2-5,7-9,12H,6H2,1H3,(H,18,19). The highest BCUT2D eigenvalue weighted by molar-refractivity contribution is 9.10. The van der Waals surface area contributed by atoms with E-state index in [0.717, 1.165) is 33.3 Å². The average molecular weight is 316 g/mol. The van der Waals surface area contributed by atoms with Crippen molar-refractivity contribution in [3.05, 3.63) is 63.3 Å². The van der Waals surface area contributed by atoms with E-state index in [1.807, 2.05) is 36.4 Å². The van der Waals surface area contributed by atoms with Gasteiger partial charge >= 0.3 is 0 Å². The minimum absolute atomic E-state index is 0.0272. The van der Waals surface area contributed by atoms with Crippen LogP contribution in [0.4, 0.5) is 0 Å². The summed E-state index contributed by atoms with van der Waals surface area (Å²) in [5.74, 6) is 0.218. The van der Waals surface area contributed by atoms with Crippen molar-refractivity contribution in [3.8, 4) is 0 Å². The molecule has 0 aromatic heterocycles. The SMILES string of the molecule is Cc1c(Br)cccc1C=C1C(=O)NC2=CC=CCC21. The Morgan fingerprint density at radius 1 is 1.42 bits per heavy atom. The number of fused-ring (bicyclic) bond motifs is 1. The van der Waals surface area contributed by atoms with Gasteiger partial charge in [0.25, 0.3) is 5.91 Å². The fourth-order valence-corrected chi connectivity index (χ4v) is 2.91. The maximum atomic E-state index is 12.1. The van der Waals surface area contributed by atoms with E-state index in [2.05, 4.69) is 34.2 Å². The lowest BCUT2D eigenvalue weighted by molar-refractivity contribution is -0.115. The molecule has 0 bridgehead atoms. The van der Waals surface area contributed by atoms with Crippen LogP contribution in [0, 0.1) is 12.8 Å². The zero-order valence-corrected chi connectivity index (χ0v) is 12.2. The van der Waals surface area contributed by atoms with E-state index >= 15 is 0 Å². The number of allylic oxidation sites excluding steroid dienone is 4. The first-order valence-electron chi connectivity index (χ1n) is 6.31. The summed E-state index contributed by atoms with van der Waals surface area (Å²) in [4.78, 5) is 12.1. The fourth-order valence-electron chi connectivity index (χ4n) is 2.53. The minimum Gasteiger partial charge on any atom is -0.325 e. The molecule has 1 aliphatic carbocycles. The van der Waals surface area contributed by atoms with Gasteiger partial charge in [-0.25, -0.2) is 0 Å². The van der Waals surface area contributed by atoms with Crippen molar-refractivity contribution in [1.29, 1.82) is 0 Å². The molecule has 1 aromatic carbocycles. The molecule has 1 amide bonds. The summed E-state index contributed by atoms with van der Waals surface area (Å²) in [7, 11) is 0. The smallest absolute Gasteiger partial charge is 0.252 e. The third-order valence-electron chi connectivity index (χ3n) is 3.68. The first-order chi connectivity index (χ1) is 9.16. The molecular formula is C16H14BrNO. The molecule has 0 spiro atoms. The third kappa shape index (κ3) is 2.19. The molecular weight excluding hydrogens is 302 g/mol. The molecule has 96 valence electrons. The summed E-state index contributed by atoms with van der Waals surface area (Å²) in [5, 5.41) is 2.95. The molecule has 3 rings (SSSR count). The minimum atomic E-state index is 0.0272. The van der Waals surface area contributed by atoms with E-state index in [-0.39, 0.29) is 11.8 Å². The molecule has 2 nitrogen and oxygen atoms in total. The Bertz CT molecular complexity index is 640. The molecule has 1 N–H and O–H groups in total. The van der Waals surface area contributed by atoms with Crippen molar-refractivity contribution in [1.82, 2.24) is 5.32 Å². The largest absolute Gasteiger partial charge is 0.325 e. The van der Waals surface area contributed by atoms with Gasteiger partial charge in [-0.2, -0.15) is 0 Å². The number of rotatable bonds is 1. The highest BCUT2D eigenvalue weighted by Gasteiger charge is 2.32. The highest BCUT2D eigenvalue weighted by atomic mass is 79.9. The van der Waals surface area contributed by atoms with Crippen LogP contribution < -0.4 is 5.32 Å². The van der Waals surface area contributed by atoms with Gasteiger partial charge in [-0.15, -0.1) is 0 Å². The molecule has 0 saturated carbocycles. The van der Waals surface area contributed by atoms with E-state index in [4.69, 9.17) is 0 Å². The number of carbonyl (C=O) groups excluding carboxylic acids is 1. The predicted octanol–water partition coefficient (Wildman–Crippen LogP) is 3.73. The van der Waals surface area contributed by atoms with Gasteiger partial charge in [0.2, 0.25) is 0 Å². The second kappa shape index (κ2) is 4.82. The Morgan fingerprint density at radius 3 is 3.11 bits per heavy atom. The number of carbonyl (C=O) groups is 1. The van der Waals surface area contributed by atoms with Gasteiger partial charge in [0.05, 0.1) is 0 Å². The van der Waals surface area contributed by atoms with Gasteiger partial charge in [0.15, 0.2) is 0 Å². The van der Waals surface area contributed by atoms with Gasteiger partial charge in [0, 0.05) is 21.7 Å². The average Bonchev–Trinajstić information content (AvgIpc) is 2.72. The van der Waals surface area contributed by atoms with Crippen LogP contribution in [0.15, 0.2) is 52.2 Å². The van der Waals surface area contributed by atoms with Crippen molar-refractivity contribution < 1.29 is 4.79 Å². The molecule has 0 radical (unpaired) electrons. The normalized spacial score (nSPS) is 23.3. The van der Waals surface area contributed by atoms with Crippen LogP contribution in [0.5, 0.6) is 0 Å². The van der Waals surface area contributed by atoms with E-state index in [0.29, 0.717) is 0 Å². The quantitative estimate of drug-likeness (QED) is 0.786. The lowest BCUT2D eigenvalue weighted by Crippen LogP contribution is -2.13. The number of nitrogens with one attached hydrogen (secondary N) is 1. The topological polar surface area (TPSA) is 29.1 Å².